The normalized spacial score (nSPS) is 21.2. The predicted octanol–water partition coefficient (Wildman–Crippen LogP) is 1.76. The first-order valence-corrected chi connectivity index (χ1v) is 7.24. The third kappa shape index (κ3) is 2.84. The summed E-state index contributed by atoms with van der Waals surface area (Å²) in [6.07, 6.45) is 0. The second kappa shape index (κ2) is 5.60. The molecule has 1 atom stereocenters. The maximum absolute atomic E-state index is 5.92. The molecule has 1 aromatic rings. The average Bonchev–Trinajstić information content (AvgIpc) is 2.69. The van der Waals surface area contributed by atoms with Crippen LogP contribution in [0.3, 0.4) is 0 Å². The van der Waals surface area contributed by atoms with E-state index >= 15 is 0 Å². The van der Waals surface area contributed by atoms with Crippen LogP contribution in [0.2, 0.25) is 0 Å². The summed E-state index contributed by atoms with van der Waals surface area (Å²) in [4.78, 5) is 6.24. The molecule has 0 amide bonds. The van der Waals surface area contributed by atoms with Crippen LogP contribution in [0, 0.1) is 0 Å². The molecule has 3 nitrogen and oxygen atoms in total. The Hall–Kier alpha value is 0.0600. The fourth-order valence-electron chi connectivity index (χ4n) is 2.08. The van der Waals surface area contributed by atoms with Crippen molar-refractivity contribution >= 4 is 27.3 Å². The lowest BCUT2D eigenvalue weighted by Crippen LogP contribution is -2.47. The van der Waals surface area contributed by atoms with E-state index < -0.39 is 0 Å². The van der Waals surface area contributed by atoms with Crippen LogP contribution < -0.4 is 5.73 Å². The first kappa shape index (κ1) is 12.5. The van der Waals surface area contributed by atoms with Crippen LogP contribution in [0.15, 0.2) is 15.9 Å². The van der Waals surface area contributed by atoms with Crippen LogP contribution in [-0.4, -0.2) is 49.6 Å². The van der Waals surface area contributed by atoms with Gasteiger partial charge in [0, 0.05) is 47.5 Å². The van der Waals surface area contributed by atoms with Crippen LogP contribution in [0.1, 0.15) is 10.9 Å². The second-order valence-corrected chi connectivity index (χ2v) is 6.12. The Balaban J connectivity index is 2.05. The fourth-order valence-corrected chi connectivity index (χ4v) is 3.67. The van der Waals surface area contributed by atoms with E-state index in [0.717, 1.165) is 26.2 Å². The van der Waals surface area contributed by atoms with Crippen LogP contribution in [0.25, 0.3) is 0 Å². The lowest BCUT2D eigenvalue weighted by molar-refractivity contribution is 0.116. The largest absolute Gasteiger partial charge is 0.329 e. The summed E-state index contributed by atoms with van der Waals surface area (Å²) in [5, 5.41) is 2.13. The molecule has 5 heteroatoms. The van der Waals surface area contributed by atoms with Gasteiger partial charge in [-0.25, -0.2) is 0 Å². The van der Waals surface area contributed by atoms with Gasteiger partial charge in [0.15, 0.2) is 0 Å². The summed E-state index contributed by atoms with van der Waals surface area (Å²) >= 11 is 5.30. The van der Waals surface area contributed by atoms with Gasteiger partial charge in [-0.1, -0.05) is 0 Å². The maximum atomic E-state index is 5.92. The monoisotopic (exact) mass is 303 g/mol. The van der Waals surface area contributed by atoms with E-state index in [1.807, 2.05) is 0 Å². The van der Waals surface area contributed by atoms with E-state index in [1.54, 1.807) is 11.3 Å². The molecule has 2 rings (SSSR count). The molecule has 0 radical (unpaired) electrons. The van der Waals surface area contributed by atoms with Crippen LogP contribution in [0.4, 0.5) is 0 Å². The van der Waals surface area contributed by atoms with E-state index in [0.29, 0.717) is 12.6 Å². The van der Waals surface area contributed by atoms with Crippen molar-refractivity contribution in [1.82, 2.24) is 9.80 Å². The van der Waals surface area contributed by atoms with Gasteiger partial charge in [-0.05, 0) is 29.0 Å². The Morgan fingerprint density at radius 3 is 2.62 bits per heavy atom. The third-order valence-electron chi connectivity index (χ3n) is 3.12. The Morgan fingerprint density at radius 2 is 2.12 bits per heavy atom. The van der Waals surface area contributed by atoms with E-state index in [9.17, 15) is 0 Å². The summed E-state index contributed by atoms with van der Waals surface area (Å²) < 4.78 is 1.17. The summed E-state index contributed by atoms with van der Waals surface area (Å²) in [6, 6.07) is 2.59. The number of thiophene rings is 1. The second-order valence-electron chi connectivity index (χ2n) is 4.26. The molecule has 2 heterocycles. The molecule has 1 fully saturated rings. The number of hydrogen-bond acceptors (Lipinski definition) is 4. The zero-order valence-corrected chi connectivity index (χ0v) is 11.9. The number of nitrogens with zero attached hydrogens (tertiary/aromatic N) is 2. The molecular formula is C11H18BrN3S. The molecule has 0 aromatic carbocycles. The Bertz CT molecular complexity index is 334. The zero-order valence-electron chi connectivity index (χ0n) is 9.53. The van der Waals surface area contributed by atoms with Gasteiger partial charge in [0.05, 0.1) is 6.04 Å². The number of nitrogens with two attached hydrogens (primary N) is 1. The van der Waals surface area contributed by atoms with Crippen molar-refractivity contribution in [2.24, 2.45) is 5.73 Å². The summed E-state index contributed by atoms with van der Waals surface area (Å²) in [6.45, 7) is 5.23. The molecule has 1 saturated heterocycles. The van der Waals surface area contributed by atoms with Gasteiger partial charge in [0.1, 0.15) is 0 Å². The topological polar surface area (TPSA) is 32.5 Å². The molecule has 0 aliphatic carbocycles. The highest BCUT2D eigenvalue weighted by molar-refractivity contribution is 9.10. The van der Waals surface area contributed by atoms with Crippen LogP contribution in [0.5, 0.6) is 0 Å². The van der Waals surface area contributed by atoms with Crippen molar-refractivity contribution in [2.75, 3.05) is 39.8 Å². The van der Waals surface area contributed by atoms with Gasteiger partial charge in [-0.2, -0.15) is 0 Å². The fraction of sp³-hybridized carbons (Fsp3) is 0.636. The average molecular weight is 304 g/mol. The highest BCUT2D eigenvalue weighted by Crippen LogP contribution is 2.29. The molecule has 1 aromatic heterocycles. The number of rotatable bonds is 3. The van der Waals surface area contributed by atoms with Crippen molar-refractivity contribution in [3.05, 3.63) is 20.8 Å². The van der Waals surface area contributed by atoms with Gasteiger partial charge in [-0.15, -0.1) is 11.3 Å². The third-order valence-corrected chi connectivity index (χ3v) is 4.91. The lowest BCUT2D eigenvalue weighted by atomic mass is 10.2. The summed E-state index contributed by atoms with van der Waals surface area (Å²) in [5.41, 5.74) is 5.92. The van der Waals surface area contributed by atoms with Crippen molar-refractivity contribution in [3.8, 4) is 0 Å². The quantitative estimate of drug-likeness (QED) is 0.923. The minimum Gasteiger partial charge on any atom is -0.329 e. The molecule has 16 heavy (non-hydrogen) atoms. The number of halogens is 1. The highest BCUT2D eigenvalue weighted by Gasteiger charge is 2.23. The van der Waals surface area contributed by atoms with Crippen molar-refractivity contribution < 1.29 is 0 Å². The smallest absolute Gasteiger partial charge is 0.0565 e. The molecule has 0 spiro atoms. The van der Waals surface area contributed by atoms with E-state index in [1.165, 1.54) is 9.35 Å². The molecule has 1 aliphatic heterocycles. The molecular weight excluding hydrogens is 286 g/mol. The van der Waals surface area contributed by atoms with Gasteiger partial charge in [0.25, 0.3) is 0 Å². The summed E-state index contributed by atoms with van der Waals surface area (Å²) in [5.74, 6) is 0. The minimum atomic E-state index is 0.394. The van der Waals surface area contributed by atoms with Gasteiger partial charge in [-0.3, -0.25) is 4.90 Å². The Labute approximate surface area is 109 Å². The molecule has 1 unspecified atom stereocenters. The first-order valence-electron chi connectivity index (χ1n) is 5.57. The predicted molar refractivity (Wildman–Crippen MR) is 72.9 cm³/mol. The standard InChI is InChI=1S/C11H18BrN3S/c1-14-2-4-15(5-3-14)10(7-13)11-6-9(12)8-16-11/h6,8,10H,2-5,7,13H2,1H3. The number of likely N-dealkylation sites (N-methyl/N-ethyl adjacent to an activating group) is 1. The van der Waals surface area contributed by atoms with Crippen LogP contribution >= 0.6 is 27.3 Å². The number of piperazine rings is 1. The Kier molecular flexibility index (Phi) is 4.38. The lowest BCUT2D eigenvalue weighted by Gasteiger charge is -2.37. The number of hydrogen-bond donors (Lipinski definition) is 1. The first-order chi connectivity index (χ1) is 7.70. The molecule has 0 saturated carbocycles. The zero-order chi connectivity index (χ0) is 11.5. The van der Waals surface area contributed by atoms with Crippen molar-refractivity contribution in [1.29, 1.82) is 0 Å². The van der Waals surface area contributed by atoms with Crippen molar-refractivity contribution in [2.45, 2.75) is 6.04 Å². The molecule has 1 aliphatic rings. The molecule has 0 bridgehead atoms. The van der Waals surface area contributed by atoms with Gasteiger partial charge < -0.3 is 10.6 Å². The summed E-state index contributed by atoms with van der Waals surface area (Å²) in [7, 11) is 2.18. The minimum absolute atomic E-state index is 0.394. The SMILES string of the molecule is CN1CCN(C(CN)c2cc(Br)cs2)CC1. The van der Waals surface area contributed by atoms with Crippen LogP contribution in [-0.2, 0) is 0 Å². The van der Waals surface area contributed by atoms with E-state index in [2.05, 4.69) is 44.2 Å². The van der Waals surface area contributed by atoms with Gasteiger partial charge >= 0.3 is 0 Å². The molecule has 2 N–H and O–H groups in total. The highest BCUT2D eigenvalue weighted by atomic mass is 79.9. The van der Waals surface area contributed by atoms with Crippen molar-refractivity contribution in [3.63, 3.8) is 0 Å². The van der Waals surface area contributed by atoms with Gasteiger partial charge in [0.2, 0.25) is 0 Å². The van der Waals surface area contributed by atoms with E-state index in [4.69, 9.17) is 5.73 Å². The maximum Gasteiger partial charge on any atom is 0.0565 e. The van der Waals surface area contributed by atoms with E-state index in [-0.39, 0.29) is 0 Å². The molecule has 90 valence electrons. The Morgan fingerprint density at radius 1 is 1.44 bits per heavy atom.